The van der Waals surface area contributed by atoms with Crippen molar-refractivity contribution in [3.05, 3.63) is 134 Å². The van der Waals surface area contributed by atoms with Crippen molar-refractivity contribution in [2.75, 3.05) is 0 Å². The van der Waals surface area contributed by atoms with E-state index in [2.05, 4.69) is 145 Å². The minimum atomic E-state index is 0. The first-order valence-electron chi connectivity index (χ1n) is 20.7. The van der Waals surface area contributed by atoms with Gasteiger partial charge in [0.05, 0.1) is 32.0 Å². The zero-order valence-corrected chi connectivity index (χ0v) is 64.2. The zero-order chi connectivity index (χ0) is 40.1. The molecule has 63 heavy (non-hydrogen) atoms. The van der Waals surface area contributed by atoms with Crippen LogP contribution < -0.4 is 0 Å². The number of thiazole rings is 1. The summed E-state index contributed by atoms with van der Waals surface area (Å²) in [6.45, 7) is 25.9. The van der Waals surface area contributed by atoms with Crippen LogP contribution in [0.4, 0.5) is 0 Å². The van der Waals surface area contributed by atoms with Crippen molar-refractivity contribution in [3.8, 4) is 0 Å². The molecule has 2 aliphatic rings. The second kappa shape index (κ2) is 41.3. The first-order valence-corrected chi connectivity index (χ1v) is 21.5. The minimum Gasteiger partial charge on any atom is -0.253 e. The predicted octanol–water partition coefficient (Wildman–Crippen LogP) is 14.8. The Kier molecular flexibility index (Phi) is 50.4. The molecule has 2 saturated carbocycles. The molecular formula is C51H67N3SY8-2. The van der Waals surface area contributed by atoms with Gasteiger partial charge in [0.25, 0.3) is 0 Å². The van der Waals surface area contributed by atoms with E-state index in [4.69, 9.17) is 0 Å². The fourth-order valence-electron chi connectivity index (χ4n) is 7.36. The summed E-state index contributed by atoms with van der Waals surface area (Å²) in [7, 11) is 0. The Morgan fingerprint density at radius 1 is 0.476 bits per heavy atom. The van der Waals surface area contributed by atoms with Crippen LogP contribution in [0.2, 0.25) is 0 Å². The van der Waals surface area contributed by atoms with Gasteiger partial charge in [0.1, 0.15) is 0 Å². The van der Waals surface area contributed by atoms with E-state index >= 15 is 0 Å². The summed E-state index contributed by atoms with van der Waals surface area (Å²) >= 11 is 1.76. The molecule has 0 N–H and O–H groups in total. The smallest absolute Gasteiger partial charge is 0.0907 e. The quantitative estimate of drug-likeness (QED) is 0.154. The van der Waals surface area contributed by atoms with Crippen LogP contribution in [0.25, 0.3) is 21.3 Å². The van der Waals surface area contributed by atoms with Crippen molar-refractivity contribution in [1.29, 1.82) is 0 Å². The molecule has 0 bridgehead atoms. The summed E-state index contributed by atoms with van der Waals surface area (Å²) in [6.07, 6.45) is 13.2. The van der Waals surface area contributed by atoms with Gasteiger partial charge in [0.2, 0.25) is 0 Å². The van der Waals surface area contributed by atoms with Gasteiger partial charge in [-0.2, -0.15) is 64.2 Å². The van der Waals surface area contributed by atoms with E-state index in [1.807, 2.05) is 26.0 Å². The normalized spacial score (nSPS) is 16.6. The van der Waals surface area contributed by atoms with Crippen LogP contribution in [0.5, 0.6) is 0 Å². The number of hydrogen-bond donors (Lipinski definition) is 0. The maximum atomic E-state index is 4.37. The third-order valence-electron chi connectivity index (χ3n) is 11.1. The van der Waals surface area contributed by atoms with Crippen molar-refractivity contribution in [2.24, 2.45) is 17.8 Å². The molecule has 4 aromatic carbocycles. The van der Waals surface area contributed by atoms with E-state index in [0.717, 1.165) is 50.9 Å². The van der Waals surface area contributed by atoms with Gasteiger partial charge in [-0.05, 0) is 80.8 Å². The molecule has 3 nitrogen and oxygen atoms in total. The van der Waals surface area contributed by atoms with E-state index in [1.54, 1.807) is 23.1 Å². The van der Waals surface area contributed by atoms with E-state index in [-0.39, 0.29) is 262 Å². The molecule has 8 radical (unpaired) electrons. The summed E-state index contributed by atoms with van der Waals surface area (Å²) in [6, 6.07) is 27.9. The largest absolute Gasteiger partial charge is 0.253 e. The molecule has 0 aliphatic heterocycles. The van der Waals surface area contributed by atoms with Crippen molar-refractivity contribution >= 4 is 32.6 Å². The van der Waals surface area contributed by atoms with Crippen LogP contribution in [0.15, 0.2) is 66.9 Å². The number of nitrogens with zero attached hydrogens (tertiary/aromatic N) is 3. The zero-order valence-electron chi connectivity index (χ0n) is 40.7. The minimum absolute atomic E-state index is 0. The second-order valence-corrected chi connectivity index (χ2v) is 17.9. The van der Waals surface area contributed by atoms with Crippen LogP contribution in [0.3, 0.4) is 0 Å². The van der Waals surface area contributed by atoms with Crippen LogP contribution in [0, 0.1) is 92.2 Å². The van der Waals surface area contributed by atoms with E-state index in [9.17, 15) is 0 Å². The molecule has 2 aliphatic carbocycles. The van der Waals surface area contributed by atoms with Gasteiger partial charge in [0.15, 0.2) is 0 Å². The first-order chi connectivity index (χ1) is 26.2. The van der Waals surface area contributed by atoms with Crippen molar-refractivity contribution in [3.63, 3.8) is 0 Å². The molecule has 2 aromatic heterocycles. The Bertz CT molecular complexity index is 2060. The van der Waals surface area contributed by atoms with Crippen molar-refractivity contribution in [1.82, 2.24) is 15.0 Å². The number of fused-ring (bicyclic) bond motifs is 2. The summed E-state index contributed by atoms with van der Waals surface area (Å²) in [5, 5.41) is 1.14. The van der Waals surface area contributed by atoms with Gasteiger partial charge in [0, 0.05) is 268 Å². The van der Waals surface area contributed by atoms with Crippen LogP contribution in [-0.4, -0.2) is 15.0 Å². The standard InChI is InChI=1S/C15H21.C10H10N2.C9H9NS.C9H11.C8H16.8Y/c1-11-4-7-14(8-5-11)15-9-6-12(2)10-13(15)3;1-7-3-4-9-10(5-7)11-6-8(2)12-9;1-6-3-4-8-9(5-6)11-7(2)10-8;1-7-4-5-8(2)9(3)6-7;1-7-3-5-8(2)6-4-7;;;;;;;;/h6,9,11,14H,4-5,7-8H2,1-3H3;3-6H,1-2H3;3-5H,1-2H3;4-5H,1-3H3;7-8H,3-6H2,1-2H3;;;;;;;;/q-1;;;-1;;;;;;;;;. The molecule has 0 spiro atoms. The van der Waals surface area contributed by atoms with E-state index in [0.29, 0.717) is 0 Å². The molecule has 8 rings (SSSR count). The maximum Gasteiger partial charge on any atom is 0.0907 e. The van der Waals surface area contributed by atoms with Gasteiger partial charge >= 0.3 is 0 Å². The maximum absolute atomic E-state index is 4.37. The average molecular weight is 1470 g/mol. The van der Waals surface area contributed by atoms with Gasteiger partial charge in [-0.1, -0.05) is 125 Å². The van der Waals surface area contributed by atoms with Crippen molar-refractivity contribution in [2.45, 2.75) is 140 Å². The Labute approximate surface area is 589 Å². The fourth-order valence-corrected chi connectivity index (χ4v) is 8.29. The molecule has 0 amide bonds. The van der Waals surface area contributed by atoms with E-state index in [1.165, 1.54) is 95.0 Å². The monoisotopic (exact) mass is 1460 g/mol. The fraction of sp³-hybridized carbons (Fsp3) is 0.471. The Morgan fingerprint density at radius 3 is 1.43 bits per heavy atom. The third-order valence-corrected chi connectivity index (χ3v) is 12.1. The Morgan fingerprint density at radius 2 is 0.937 bits per heavy atom. The summed E-state index contributed by atoms with van der Waals surface area (Å²) < 4.78 is 1.29. The molecule has 2 fully saturated rings. The molecule has 12 heteroatoms. The molecule has 0 unspecified atom stereocenters. The number of hydrogen-bond acceptors (Lipinski definition) is 4. The molecule has 2 heterocycles. The van der Waals surface area contributed by atoms with Gasteiger partial charge in [-0.25, -0.2) is 9.97 Å². The summed E-state index contributed by atoms with van der Waals surface area (Å²) in [4.78, 5) is 13.0. The average Bonchev–Trinajstić information content (AvgIpc) is 3.52. The van der Waals surface area contributed by atoms with Gasteiger partial charge < -0.3 is 0 Å². The first kappa shape index (κ1) is 76.9. The molecular weight excluding hydrogens is 1400 g/mol. The molecule has 6 aromatic rings. The number of benzene rings is 4. The van der Waals surface area contributed by atoms with E-state index < -0.39 is 0 Å². The van der Waals surface area contributed by atoms with Gasteiger partial charge in [-0.3, -0.25) is 4.98 Å². The molecule has 318 valence electrons. The van der Waals surface area contributed by atoms with Gasteiger partial charge in [-0.15, -0.1) is 16.9 Å². The number of aryl methyl sites for hydroxylation is 9. The van der Waals surface area contributed by atoms with Crippen LogP contribution >= 0.6 is 11.3 Å². The number of rotatable bonds is 1. The Hall–Kier alpha value is 4.94. The van der Waals surface area contributed by atoms with Crippen molar-refractivity contribution < 1.29 is 262 Å². The summed E-state index contributed by atoms with van der Waals surface area (Å²) in [5.41, 5.74) is 14.5. The second-order valence-electron chi connectivity index (χ2n) is 16.7. The topological polar surface area (TPSA) is 38.7 Å². The molecule has 0 saturated heterocycles. The Balaban J connectivity index is -0.000000219. The number of aromatic nitrogens is 3. The third kappa shape index (κ3) is 29.4. The summed E-state index contributed by atoms with van der Waals surface area (Å²) in [5.74, 6) is 3.78. The SMILES string of the molecule is CC1CCC(C)CC1.Cc1[c-]c(C)c(C)cc1.Cc1[c-]c(C)c(C2CCC(C)CC2)cc1.Cc1ccc2nc(C)cnc2c1.Cc1ccc2nc(C)sc2c1.[Y].[Y].[Y].[Y].[Y].[Y].[Y].[Y]. The van der Waals surface area contributed by atoms with Crippen LogP contribution in [0.1, 0.15) is 133 Å². The van der Waals surface area contributed by atoms with Crippen LogP contribution in [-0.2, 0) is 262 Å². The predicted molar refractivity (Wildman–Crippen MR) is 240 cm³/mol. The molecule has 0 atom stereocenters.